The molecule has 4 rings (SSSR count). The number of carbonyl (C=O) groups excluding carboxylic acids is 1. The van der Waals surface area contributed by atoms with Crippen LogP contribution in [0.15, 0.2) is 48.8 Å². The molecule has 172 valence electrons. The summed E-state index contributed by atoms with van der Waals surface area (Å²) in [6.45, 7) is 1.36. The molecule has 3 heterocycles. The first-order valence-corrected chi connectivity index (χ1v) is 11.1. The van der Waals surface area contributed by atoms with Crippen LogP contribution in [0.2, 0.25) is 0 Å². The minimum Gasteiger partial charge on any atom is -0.497 e. The molecule has 8 heteroatoms. The van der Waals surface area contributed by atoms with Gasteiger partial charge in [0.05, 0.1) is 26.3 Å². The second-order valence-corrected chi connectivity index (χ2v) is 8.03. The number of carbonyl (C=O) groups is 1. The molecule has 33 heavy (non-hydrogen) atoms. The number of amides is 1. The van der Waals surface area contributed by atoms with E-state index >= 15 is 0 Å². The zero-order chi connectivity index (χ0) is 23.2. The Balaban J connectivity index is 1.54. The normalized spacial score (nSPS) is 15.7. The van der Waals surface area contributed by atoms with Crippen LogP contribution in [0.4, 0.5) is 5.82 Å². The molecule has 0 saturated carbocycles. The lowest BCUT2D eigenvalue weighted by atomic mass is 9.93. The highest BCUT2D eigenvalue weighted by atomic mass is 16.5. The van der Waals surface area contributed by atoms with Crippen molar-refractivity contribution < 1.29 is 14.3 Å². The maximum Gasteiger partial charge on any atom is 0.227 e. The van der Waals surface area contributed by atoms with Crippen LogP contribution in [0.5, 0.6) is 11.5 Å². The van der Waals surface area contributed by atoms with Crippen molar-refractivity contribution in [2.75, 3.05) is 39.7 Å². The van der Waals surface area contributed by atoms with Crippen molar-refractivity contribution >= 4 is 11.7 Å². The van der Waals surface area contributed by atoms with Gasteiger partial charge in [-0.3, -0.25) is 9.78 Å². The van der Waals surface area contributed by atoms with Gasteiger partial charge in [-0.05, 0) is 43.2 Å². The monoisotopic (exact) mass is 447 g/mol. The number of piperidine rings is 1. The van der Waals surface area contributed by atoms with Crippen LogP contribution in [0.1, 0.15) is 30.0 Å². The summed E-state index contributed by atoms with van der Waals surface area (Å²) < 4.78 is 10.8. The number of benzene rings is 1. The largest absolute Gasteiger partial charge is 0.497 e. The van der Waals surface area contributed by atoms with Crippen LogP contribution in [-0.4, -0.2) is 60.1 Å². The summed E-state index contributed by atoms with van der Waals surface area (Å²) in [5.74, 6) is 2.99. The molecule has 1 amide bonds. The van der Waals surface area contributed by atoms with E-state index in [4.69, 9.17) is 14.5 Å². The standard InChI is InChI=1S/C25H29N5O3/c1-26-23-14-21(28-25(29-23)17-6-4-10-27-15-17)18-7-5-11-30(16-18)24(31)13-19-12-20(32-2)8-9-22(19)33-3/h4,6,8-10,12,14-15,18H,5,7,11,13,16H2,1-3H3,(H,26,28,29)/t18-/m0/s1. The number of rotatable bonds is 7. The van der Waals surface area contributed by atoms with Crippen molar-refractivity contribution in [3.8, 4) is 22.9 Å². The first-order chi connectivity index (χ1) is 16.1. The van der Waals surface area contributed by atoms with Gasteiger partial charge >= 0.3 is 0 Å². The van der Waals surface area contributed by atoms with Crippen LogP contribution in [0.25, 0.3) is 11.4 Å². The Hall–Kier alpha value is -3.68. The molecule has 3 aromatic rings. The Morgan fingerprint density at radius 1 is 1.18 bits per heavy atom. The smallest absolute Gasteiger partial charge is 0.227 e. The molecular formula is C25H29N5O3. The van der Waals surface area contributed by atoms with Gasteiger partial charge in [0.1, 0.15) is 17.3 Å². The number of anilines is 1. The highest BCUT2D eigenvalue weighted by Gasteiger charge is 2.27. The third kappa shape index (κ3) is 5.22. The molecule has 1 atom stereocenters. The van der Waals surface area contributed by atoms with Gasteiger partial charge in [-0.2, -0.15) is 0 Å². The zero-order valence-corrected chi connectivity index (χ0v) is 19.2. The van der Waals surface area contributed by atoms with Gasteiger partial charge in [-0.15, -0.1) is 0 Å². The average Bonchev–Trinajstić information content (AvgIpc) is 2.88. The van der Waals surface area contributed by atoms with E-state index in [0.717, 1.165) is 42.0 Å². The molecule has 1 saturated heterocycles. The number of hydrogen-bond acceptors (Lipinski definition) is 7. The third-order valence-electron chi connectivity index (χ3n) is 5.94. The SMILES string of the molecule is CNc1cc([C@H]2CCCN(C(=O)Cc3cc(OC)ccc3OC)C2)nc(-c2cccnc2)n1. The van der Waals surface area contributed by atoms with E-state index in [9.17, 15) is 4.79 Å². The van der Waals surface area contributed by atoms with E-state index in [1.165, 1.54) is 0 Å². The molecule has 0 spiro atoms. The Labute approximate surface area is 194 Å². The maximum atomic E-state index is 13.2. The summed E-state index contributed by atoms with van der Waals surface area (Å²) in [5.41, 5.74) is 2.62. The minimum atomic E-state index is 0.0710. The highest BCUT2D eigenvalue weighted by molar-refractivity contribution is 5.80. The number of hydrogen-bond donors (Lipinski definition) is 1. The number of ether oxygens (including phenoxy) is 2. The Morgan fingerprint density at radius 3 is 2.79 bits per heavy atom. The van der Waals surface area contributed by atoms with Gasteiger partial charge in [0, 0.05) is 55.6 Å². The van der Waals surface area contributed by atoms with E-state index in [1.807, 2.05) is 48.3 Å². The number of methoxy groups -OCH3 is 2. The van der Waals surface area contributed by atoms with Gasteiger partial charge in [-0.25, -0.2) is 9.97 Å². The molecule has 0 radical (unpaired) electrons. The van der Waals surface area contributed by atoms with Crippen molar-refractivity contribution in [2.24, 2.45) is 0 Å². The van der Waals surface area contributed by atoms with Crippen LogP contribution in [0.3, 0.4) is 0 Å². The van der Waals surface area contributed by atoms with Crippen LogP contribution < -0.4 is 14.8 Å². The molecule has 1 N–H and O–H groups in total. The number of nitrogens with one attached hydrogen (secondary N) is 1. The summed E-state index contributed by atoms with van der Waals surface area (Å²) >= 11 is 0. The predicted octanol–water partition coefficient (Wildman–Crippen LogP) is 3.55. The molecule has 1 aliphatic heterocycles. The van der Waals surface area contributed by atoms with E-state index in [0.29, 0.717) is 23.9 Å². The highest BCUT2D eigenvalue weighted by Crippen LogP contribution is 2.30. The molecule has 1 aromatic carbocycles. The summed E-state index contributed by atoms with van der Waals surface area (Å²) in [6, 6.07) is 11.3. The fourth-order valence-corrected chi connectivity index (χ4v) is 4.17. The molecule has 8 nitrogen and oxygen atoms in total. The van der Waals surface area contributed by atoms with Crippen molar-refractivity contribution in [3.63, 3.8) is 0 Å². The van der Waals surface area contributed by atoms with E-state index in [1.54, 1.807) is 26.6 Å². The van der Waals surface area contributed by atoms with E-state index < -0.39 is 0 Å². The van der Waals surface area contributed by atoms with Gasteiger partial charge in [0.2, 0.25) is 5.91 Å². The number of nitrogens with zero attached hydrogens (tertiary/aromatic N) is 4. The summed E-state index contributed by atoms with van der Waals surface area (Å²) in [7, 11) is 5.07. The molecule has 0 aliphatic carbocycles. The molecule has 0 unspecified atom stereocenters. The minimum absolute atomic E-state index is 0.0710. The lowest BCUT2D eigenvalue weighted by Gasteiger charge is -2.33. The second kappa shape index (κ2) is 10.3. The van der Waals surface area contributed by atoms with Crippen LogP contribution >= 0.6 is 0 Å². The van der Waals surface area contributed by atoms with Gasteiger partial charge in [0.15, 0.2) is 5.82 Å². The second-order valence-electron chi connectivity index (χ2n) is 8.03. The summed E-state index contributed by atoms with van der Waals surface area (Å²) in [4.78, 5) is 28.7. The van der Waals surface area contributed by atoms with Crippen molar-refractivity contribution in [1.29, 1.82) is 0 Å². The van der Waals surface area contributed by atoms with Gasteiger partial charge in [-0.1, -0.05) is 0 Å². The first kappa shape index (κ1) is 22.5. The van der Waals surface area contributed by atoms with Gasteiger partial charge in [0.25, 0.3) is 0 Å². The predicted molar refractivity (Wildman–Crippen MR) is 127 cm³/mol. The van der Waals surface area contributed by atoms with E-state index in [-0.39, 0.29) is 18.2 Å². The number of pyridine rings is 1. The lowest BCUT2D eigenvalue weighted by molar-refractivity contribution is -0.131. The first-order valence-electron chi connectivity index (χ1n) is 11.1. The Bertz CT molecular complexity index is 1110. The van der Waals surface area contributed by atoms with Crippen LogP contribution in [-0.2, 0) is 11.2 Å². The molecule has 0 bridgehead atoms. The maximum absolute atomic E-state index is 13.2. The molecule has 1 fully saturated rings. The summed E-state index contributed by atoms with van der Waals surface area (Å²) in [5, 5.41) is 3.13. The molecule has 2 aromatic heterocycles. The van der Waals surface area contributed by atoms with Crippen molar-refractivity contribution in [3.05, 3.63) is 60.0 Å². The lowest BCUT2D eigenvalue weighted by Crippen LogP contribution is -2.40. The topological polar surface area (TPSA) is 89.5 Å². The Kier molecular flexibility index (Phi) is 7.02. The summed E-state index contributed by atoms with van der Waals surface area (Å²) in [6.07, 6.45) is 5.65. The average molecular weight is 448 g/mol. The Morgan fingerprint density at radius 2 is 2.06 bits per heavy atom. The molecular weight excluding hydrogens is 418 g/mol. The number of aromatic nitrogens is 3. The quantitative estimate of drug-likeness (QED) is 0.592. The van der Waals surface area contributed by atoms with E-state index in [2.05, 4.69) is 15.3 Å². The van der Waals surface area contributed by atoms with Gasteiger partial charge < -0.3 is 19.7 Å². The fourth-order valence-electron chi connectivity index (χ4n) is 4.17. The number of likely N-dealkylation sites (tertiary alicyclic amines) is 1. The zero-order valence-electron chi connectivity index (χ0n) is 19.2. The fraction of sp³-hybridized carbons (Fsp3) is 0.360. The van der Waals surface area contributed by atoms with Crippen molar-refractivity contribution in [1.82, 2.24) is 19.9 Å². The van der Waals surface area contributed by atoms with Crippen molar-refractivity contribution in [2.45, 2.75) is 25.2 Å². The molecule has 1 aliphatic rings. The van der Waals surface area contributed by atoms with Crippen LogP contribution in [0, 0.1) is 0 Å². The third-order valence-corrected chi connectivity index (χ3v) is 5.94.